The number of nitrogens with zero attached hydrogens (tertiary/aromatic N) is 1. The van der Waals surface area contributed by atoms with E-state index in [-0.39, 0.29) is 0 Å². The maximum absolute atomic E-state index is 5.71. The van der Waals surface area contributed by atoms with Gasteiger partial charge < -0.3 is 15.0 Å². The standard InChI is InChI=1S/C17H26N2O/c1-2-19-9-7-14(8-10-19)11-18-17-13-20-12-15-5-3-4-6-16(15)17/h3-6,14,17-18H,2,7-13H2,1H3. The van der Waals surface area contributed by atoms with Crippen LogP contribution in [-0.4, -0.2) is 37.7 Å². The fraction of sp³-hybridized carbons (Fsp3) is 0.647. The number of rotatable bonds is 4. The molecule has 1 aromatic carbocycles. The molecule has 1 unspecified atom stereocenters. The Balaban J connectivity index is 1.52. The van der Waals surface area contributed by atoms with Gasteiger partial charge in [-0.1, -0.05) is 31.2 Å². The normalized spacial score (nSPS) is 24.6. The van der Waals surface area contributed by atoms with Crippen LogP contribution in [0.5, 0.6) is 0 Å². The molecule has 1 saturated heterocycles. The van der Waals surface area contributed by atoms with Gasteiger partial charge in [0.05, 0.1) is 19.3 Å². The second-order valence-electron chi connectivity index (χ2n) is 6.05. The van der Waals surface area contributed by atoms with Gasteiger partial charge in [0.25, 0.3) is 0 Å². The third kappa shape index (κ3) is 3.22. The Morgan fingerprint density at radius 2 is 2.05 bits per heavy atom. The van der Waals surface area contributed by atoms with Gasteiger partial charge >= 0.3 is 0 Å². The number of likely N-dealkylation sites (tertiary alicyclic amines) is 1. The lowest BCUT2D eigenvalue weighted by Crippen LogP contribution is -2.39. The van der Waals surface area contributed by atoms with E-state index in [1.807, 2.05) is 0 Å². The molecule has 0 aliphatic carbocycles. The highest BCUT2D eigenvalue weighted by Crippen LogP contribution is 2.25. The third-order valence-electron chi connectivity index (χ3n) is 4.78. The summed E-state index contributed by atoms with van der Waals surface area (Å²) in [6, 6.07) is 9.05. The molecule has 0 radical (unpaired) electrons. The summed E-state index contributed by atoms with van der Waals surface area (Å²) in [5.41, 5.74) is 2.78. The second-order valence-corrected chi connectivity index (χ2v) is 6.05. The van der Waals surface area contributed by atoms with Crippen LogP contribution in [0.2, 0.25) is 0 Å². The zero-order chi connectivity index (χ0) is 13.8. The van der Waals surface area contributed by atoms with Crippen molar-refractivity contribution in [2.75, 3.05) is 32.8 Å². The van der Waals surface area contributed by atoms with Gasteiger partial charge in [-0.15, -0.1) is 0 Å². The van der Waals surface area contributed by atoms with Gasteiger partial charge in [0.1, 0.15) is 0 Å². The van der Waals surface area contributed by atoms with Crippen LogP contribution in [0.15, 0.2) is 24.3 Å². The minimum absolute atomic E-state index is 0.379. The topological polar surface area (TPSA) is 24.5 Å². The van der Waals surface area contributed by atoms with E-state index in [2.05, 4.69) is 41.4 Å². The van der Waals surface area contributed by atoms with Crippen LogP contribution in [0.1, 0.15) is 36.9 Å². The molecule has 3 nitrogen and oxygen atoms in total. The first-order valence-electron chi connectivity index (χ1n) is 7.98. The van der Waals surface area contributed by atoms with Crippen LogP contribution in [0.4, 0.5) is 0 Å². The first-order chi connectivity index (χ1) is 9.86. The molecule has 1 N–H and O–H groups in total. The lowest BCUT2D eigenvalue weighted by Gasteiger charge is -2.33. The molecule has 3 heteroatoms. The quantitative estimate of drug-likeness (QED) is 0.913. The smallest absolute Gasteiger partial charge is 0.0721 e. The van der Waals surface area contributed by atoms with Crippen molar-refractivity contribution in [3.63, 3.8) is 0 Å². The highest BCUT2D eigenvalue weighted by molar-refractivity contribution is 5.31. The van der Waals surface area contributed by atoms with Crippen molar-refractivity contribution in [3.8, 4) is 0 Å². The first kappa shape index (κ1) is 14.1. The van der Waals surface area contributed by atoms with Crippen LogP contribution in [0.25, 0.3) is 0 Å². The fourth-order valence-electron chi connectivity index (χ4n) is 3.37. The van der Waals surface area contributed by atoms with E-state index in [0.29, 0.717) is 6.04 Å². The lowest BCUT2D eigenvalue weighted by atomic mass is 9.94. The molecule has 2 aliphatic heterocycles. The van der Waals surface area contributed by atoms with Crippen LogP contribution >= 0.6 is 0 Å². The average molecular weight is 274 g/mol. The van der Waals surface area contributed by atoms with Crippen molar-refractivity contribution in [1.82, 2.24) is 10.2 Å². The zero-order valence-corrected chi connectivity index (χ0v) is 12.5. The second kappa shape index (κ2) is 6.70. The predicted octanol–water partition coefficient (Wildman–Crippen LogP) is 2.58. The van der Waals surface area contributed by atoms with E-state index in [0.717, 1.165) is 25.7 Å². The Morgan fingerprint density at radius 3 is 2.85 bits per heavy atom. The lowest BCUT2D eigenvalue weighted by molar-refractivity contribution is 0.0790. The van der Waals surface area contributed by atoms with E-state index < -0.39 is 0 Å². The van der Waals surface area contributed by atoms with Crippen LogP contribution in [0, 0.1) is 5.92 Å². The van der Waals surface area contributed by atoms with E-state index in [1.165, 1.54) is 43.6 Å². The number of ether oxygens (including phenoxy) is 1. The van der Waals surface area contributed by atoms with Gasteiger partial charge in [0.2, 0.25) is 0 Å². The van der Waals surface area contributed by atoms with Gasteiger partial charge in [-0.05, 0) is 56.1 Å². The average Bonchev–Trinajstić information content (AvgIpc) is 2.53. The predicted molar refractivity (Wildman–Crippen MR) is 81.7 cm³/mol. The van der Waals surface area contributed by atoms with Crippen molar-refractivity contribution in [2.45, 2.75) is 32.4 Å². The molecule has 3 rings (SSSR count). The summed E-state index contributed by atoms with van der Waals surface area (Å²) in [6.07, 6.45) is 2.66. The summed E-state index contributed by atoms with van der Waals surface area (Å²) in [6.45, 7) is 8.69. The molecule has 0 aromatic heterocycles. The number of benzene rings is 1. The SMILES string of the molecule is CCN1CCC(CNC2COCc3ccccc32)CC1. The summed E-state index contributed by atoms with van der Waals surface area (Å²) in [5.74, 6) is 0.826. The van der Waals surface area contributed by atoms with Gasteiger partial charge in [0, 0.05) is 0 Å². The molecular formula is C17H26N2O. The molecule has 1 atom stereocenters. The third-order valence-corrected chi connectivity index (χ3v) is 4.78. The van der Waals surface area contributed by atoms with E-state index in [1.54, 1.807) is 0 Å². The van der Waals surface area contributed by atoms with Gasteiger partial charge in [-0.3, -0.25) is 0 Å². The molecule has 0 amide bonds. The summed E-state index contributed by atoms with van der Waals surface area (Å²) < 4.78 is 5.71. The highest BCUT2D eigenvalue weighted by atomic mass is 16.5. The molecular weight excluding hydrogens is 248 g/mol. The van der Waals surface area contributed by atoms with E-state index in [9.17, 15) is 0 Å². The molecule has 1 aromatic rings. The van der Waals surface area contributed by atoms with Crippen molar-refractivity contribution < 1.29 is 4.74 Å². The Labute approximate surface area is 122 Å². The Hall–Kier alpha value is -0.900. The van der Waals surface area contributed by atoms with Gasteiger partial charge in [-0.2, -0.15) is 0 Å². The number of piperidine rings is 1. The van der Waals surface area contributed by atoms with Crippen molar-refractivity contribution in [3.05, 3.63) is 35.4 Å². The Morgan fingerprint density at radius 1 is 1.25 bits per heavy atom. The number of fused-ring (bicyclic) bond motifs is 1. The minimum atomic E-state index is 0.379. The summed E-state index contributed by atoms with van der Waals surface area (Å²) in [5, 5.41) is 3.74. The maximum atomic E-state index is 5.71. The molecule has 0 saturated carbocycles. The molecule has 0 bridgehead atoms. The number of hydrogen-bond donors (Lipinski definition) is 1. The monoisotopic (exact) mass is 274 g/mol. The largest absolute Gasteiger partial charge is 0.375 e. The highest BCUT2D eigenvalue weighted by Gasteiger charge is 2.23. The molecule has 2 heterocycles. The van der Waals surface area contributed by atoms with E-state index >= 15 is 0 Å². The van der Waals surface area contributed by atoms with Crippen molar-refractivity contribution in [2.24, 2.45) is 5.92 Å². The number of nitrogens with one attached hydrogen (secondary N) is 1. The molecule has 2 aliphatic rings. The zero-order valence-electron chi connectivity index (χ0n) is 12.5. The van der Waals surface area contributed by atoms with Crippen LogP contribution in [-0.2, 0) is 11.3 Å². The summed E-state index contributed by atoms with van der Waals surface area (Å²) in [7, 11) is 0. The van der Waals surface area contributed by atoms with Crippen LogP contribution < -0.4 is 5.32 Å². The van der Waals surface area contributed by atoms with Gasteiger partial charge in [-0.25, -0.2) is 0 Å². The van der Waals surface area contributed by atoms with Crippen molar-refractivity contribution >= 4 is 0 Å². The maximum Gasteiger partial charge on any atom is 0.0721 e. The van der Waals surface area contributed by atoms with Gasteiger partial charge in [0.15, 0.2) is 0 Å². The molecule has 1 fully saturated rings. The summed E-state index contributed by atoms with van der Waals surface area (Å²) >= 11 is 0. The summed E-state index contributed by atoms with van der Waals surface area (Å²) in [4.78, 5) is 2.55. The minimum Gasteiger partial charge on any atom is -0.375 e. The Kier molecular flexibility index (Phi) is 4.71. The Bertz CT molecular complexity index is 427. The van der Waals surface area contributed by atoms with E-state index in [4.69, 9.17) is 4.74 Å². The fourth-order valence-corrected chi connectivity index (χ4v) is 3.37. The molecule has 110 valence electrons. The van der Waals surface area contributed by atoms with Crippen LogP contribution in [0.3, 0.4) is 0 Å². The number of hydrogen-bond acceptors (Lipinski definition) is 3. The van der Waals surface area contributed by atoms with Crippen molar-refractivity contribution in [1.29, 1.82) is 0 Å². The molecule has 20 heavy (non-hydrogen) atoms. The molecule has 0 spiro atoms. The first-order valence-corrected chi connectivity index (χ1v) is 7.98.